The molecule has 0 fully saturated rings. The lowest BCUT2D eigenvalue weighted by Crippen LogP contribution is -2.36. The highest BCUT2D eigenvalue weighted by Crippen LogP contribution is 2.29. The molecule has 0 saturated carbocycles. The van der Waals surface area contributed by atoms with E-state index in [-0.39, 0.29) is 24.0 Å². The van der Waals surface area contributed by atoms with E-state index in [1.807, 2.05) is 48.5 Å². The number of nitrogens with one attached hydrogen (secondary N) is 2. The van der Waals surface area contributed by atoms with Crippen LogP contribution < -0.4 is 20.1 Å². The zero-order valence-electron chi connectivity index (χ0n) is 15.6. The maximum absolute atomic E-state index is 5.89. The summed E-state index contributed by atoms with van der Waals surface area (Å²) in [6.07, 6.45) is 0. The van der Waals surface area contributed by atoms with Gasteiger partial charge < -0.3 is 20.1 Å². The maximum atomic E-state index is 5.89. The minimum atomic E-state index is 0. The molecule has 0 aliphatic heterocycles. The molecular formula is C20H28IN3O2. The van der Waals surface area contributed by atoms with Gasteiger partial charge in [0.05, 0.1) is 13.7 Å². The first kappa shape index (κ1) is 22.1. The Balaban J connectivity index is 0.00000338. The lowest BCUT2D eigenvalue weighted by molar-refractivity contribution is 0.284. The van der Waals surface area contributed by atoms with Gasteiger partial charge in [0.25, 0.3) is 0 Å². The van der Waals surface area contributed by atoms with Gasteiger partial charge in [0, 0.05) is 13.1 Å². The lowest BCUT2D eigenvalue weighted by Gasteiger charge is -2.12. The molecule has 0 spiro atoms. The molecule has 2 N–H and O–H groups in total. The Morgan fingerprint density at radius 1 is 0.923 bits per heavy atom. The Morgan fingerprint density at radius 3 is 2.23 bits per heavy atom. The first-order valence-corrected chi connectivity index (χ1v) is 8.62. The van der Waals surface area contributed by atoms with E-state index in [9.17, 15) is 0 Å². The number of hydrogen-bond donors (Lipinski definition) is 2. The molecule has 2 aromatic rings. The number of benzene rings is 2. The average molecular weight is 469 g/mol. The number of hydrogen-bond acceptors (Lipinski definition) is 3. The maximum Gasteiger partial charge on any atom is 0.191 e. The third-order valence-electron chi connectivity index (χ3n) is 3.57. The molecule has 6 heteroatoms. The lowest BCUT2D eigenvalue weighted by atomic mass is 10.2. The molecule has 142 valence electrons. The highest BCUT2D eigenvalue weighted by Gasteiger charge is 2.06. The van der Waals surface area contributed by atoms with Crippen LogP contribution in [0.3, 0.4) is 0 Å². The SMILES string of the molecule is CCNC(=NCc1ccc(OCc2ccccc2)c(OC)c1)NCC.I. The summed E-state index contributed by atoms with van der Waals surface area (Å²) in [4.78, 5) is 4.57. The monoisotopic (exact) mass is 469 g/mol. The van der Waals surface area contributed by atoms with Crippen molar-refractivity contribution >= 4 is 29.9 Å². The summed E-state index contributed by atoms with van der Waals surface area (Å²) in [6.45, 7) is 6.86. The molecule has 0 radical (unpaired) electrons. The van der Waals surface area contributed by atoms with Crippen LogP contribution in [0.2, 0.25) is 0 Å². The van der Waals surface area contributed by atoms with Crippen molar-refractivity contribution in [1.29, 1.82) is 0 Å². The summed E-state index contributed by atoms with van der Waals surface area (Å²) in [5, 5.41) is 6.43. The quantitative estimate of drug-likeness (QED) is 0.349. The van der Waals surface area contributed by atoms with E-state index >= 15 is 0 Å². The first-order valence-electron chi connectivity index (χ1n) is 8.62. The van der Waals surface area contributed by atoms with E-state index < -0.39 is 0 Å². The number of aliphatic imine (C=N–C) groups is 1. The molecule has 0 atom stereocenters. The fraction of sp³-hybridized carbons (Fsp3) is 0.350. The average Bonchev–Trinajstić information content (AvgIpc) is 2.66. The largest absolute Gasteiger partial charge is 0.493 e. The van der Waals surface area contributed by atoms with Gasteiger partial charge in [-0.15, -0.1) is 24.0 Å². The minimum absolute atomic E-state index is 0. The fourth-order valence-corrected chi connectivity index (χ4v) is 2.34. The number of ether oxygens (including phenoxy) is 2. The van der Waals surface area contributed by atoms with E-state index in [4.69, 9.17) is 9.47 Å². The minimum Gasteiger partial charge on any atom is -0.493 e. The summed E-state index contributed by atoms with van der Waals surface area (Å²) in [5.74, 6) is 2.27. The Hall–Kier alpha value is -1.96. The molecular weight excluding hydrogens is 441 g/mol. The Labute approximate surface area is 173 Å². The normalized spacial score (nSPS) is 9.65. The van der Waals surface area contributed by atoms with E-state index in [0.29, 0.717) is 13.2 Å². The van der Waals surface area contributed by atoms with Gasteiger partial charge in [0.1, 0.15) is 6.61 Å². The van der Waals surface area contributed by atoms with Gasteiger partial charge in [0.15, 0.2) is 17.5 Å². The number of guanidine groups is 1. The van der Waals surface area contributed by atoms with Crippen LogP contribution in [-0.4, -0.2) is 26.2 Å². The number of nitrogens with zero attached hydrogens (tertiary/aromatic N) is 1. The van der Waals surface area contributed by atoms with Crippen molar-refractivity contribution in [3.8, 4) is 11.5 Å². The fourth-order valence-electron chi connectivity index (χ4n) is 2.34. The van der Waals surface area contributed by atoms with Crippen molar-refractivity contribution in [3.63, 3.8) is 0 Å². The van der Waals surface area contributed by atoms with Crippen molar-refractivity contribution in [3.05, 3.63) is 59.7 Å². The van der Waals surface area contributed by atoms with E-state index in [2.05, 4.69) is 29.5 Å². The highest BCUT2D eigenvalue weighted by molar-refractivity contribution is 14.0. The van der Waals surface area contributed by atoms with Crippen molar-refractivity contribution in [1.82, 2.24) is 10.6 Å². The summed E-state index contributed by atoms with van der Waals surface area (Å²) in [7, 11) is 1.65. The van der Waals surface area contributed by atoms with Crippen LogP contribution in [0, 0.1) is 0 Å². The van der Waals surface area contributed by atoms with Crippen LogP contribution in [0.25, 0.3) is 0 Å². The molecule has 0 heterocycles. The Kier molecular flexibility index (Phi) is 10.5. The van der Waals surface area contributed by atoms with Crippen molar-refractivity contribution in [2.24, 2.45) is 4.99 Å². The van der Waals surface area contributed by atoms with Crippen molar-refractivity contribution < 1.29 is 9.47 Å². The van der Waals surface area contributed by atoms with Crippen molar-refractivity contribution in [2.45, 2.75) is 27.0 Å². The molecule has 0 aromatic heterocycles. The molecule has 26 heavy (non-hydrogen) atoms. The molecule has 5 nitrogen and oxygen atoms in total. The van der Waals surface area contributed by atoms with Crippen molar-refractivity contribution in [2.75, 3.05) is 20.2 Å². The van der Waals surface area contributed by atoms with Crippen LogP contribution in [0.1, 0.15) is 25.0 Å². The predicted octanol–water partition coefficient (Wildman–Crippen LogP) is 3.97. The zero-order valence-corrected chi connectivity index (χ0v) is 17.9. The third kappa shape index (κ3) is 7.11. The number of halogens is 1. The van der Waals surface area contributed by atoms with Gasteiger partial charge in [-0.1, -0.05) is 36.4 Å². The first-order chi connectivity index (χ1) is 12.3. The van der Waals surface area contributed by atoms with Gasteiger partial charge in [0.2, 0.25) is 0 Å². The predicted molar refractivity (Wildman–Crippen MR) is 118 cm³/mol. The van der Waals surface area contributed by atoms with Crippen LogP contribution in [0.15, 0.2) is 53.5 Å². The van der Waals surface area contributed by atoms with Crippen LogP contribution in [0.5, 0.6) is 11.5 Å². The highest BCUT2D eigenvalue weighted by atomic mass is 127. The Bertz CT molecular complexity index is 670. The Morgan fingerprint density at radius 2 is 1.62 bits per heavy atom. The number of methoxy groups -OCH3 is 1. The zero-order chi connectivity index (χ0) is 17.9. The third-order valence-corrected chi connectivity index (χ3v) is 3.57. The summed E-state index contributed by atoms with van der Waals surface area (Å²) >= 11 is 0. The van der Waals surface area contributed by atoms with Gasteiger partial charge >= 0.3 is 0 Å². The van der Waals surface area contributed by atoms with Crippen LogP contribution >= 0.6 is 24.0 Å². The van der Waals surface area contributed by atoms with Gasteiger partial charge in [-0.2, -0.15) is 0 Å². The van der Waals surface area contributed by atoms with Gasteiger partial charge in [-0.3, -0.25) is 0 Å². The topological polar surface area (TPSA) is 54.9 Å². The summed E-state index contributed by atoms with van der Waals surface area (Å²) in [6, 6.07) is 16.0. The second kappa shape index (κ2) is 12.4. The second-order valence-electron chi connectivity index (χ2n) is 5.48. The van der Waals surface area contributed by atoms with E-state index in [1.54, 1.807) is 7.11 Å². The van der Waals surface area contributed by atoms with E-state index in [0.717, 1.165) is 41.7 Å². The molecule has 0 aliphatic rings. The molecule has 0 amide bonds. The molecule has 0 bridgehead atoms. The summed E-state index contributed by atoms with van der Waals surface area (Å²) in [5.41, 5.74) is 2.19. The van der Waals surface area contributed by atoms with E-state index in [1.165, 1.54) is 0 Å². The van der Waals surface area contributed by atoms with Crippen LogP contribution in [0.4, 0.5) is 0 Å². The smallest absolute Gasteiger partial charge is 0.191 e. The van der Waals surface area contributed by atoms with Gasteiger partial charge in [-0.05, 0) is 37.1 Å². The standard InChI is InChI=1S/C20H27N3O2.HI/c1-4-21-20(22-5-2)23-14-17-11-12-18(19(13-17)24-3)25-15-16-9-7-6-8-10-16;/h6-13H,4-5,14-15H2,1-3H3,(H2,21,22,23);1H. The second-order valence-corrected chi connectivity index (χ2v) is 5.48. The summed E-state index contributed by atoms with van der Waals surface area (Å²) < 4.78 is 11.4. The molecule has 2 rings (SSSR count). The number of rotatable bonds is 8. The molecule has 0 saturated heterocycles. The van der Waals surface area contributed by atoms with Crippen LogP contribution in [-0.2, 0) is 13.2 Å². The molecule has 0 unspecified atom stereocenters. The molecule has 2 aromatic carbocycles. The molecule has 0 aliphatic carbocycles. The van der Waals surface area contributed by atoms with Gasteiger partial charge in [-0.25, -0.2) is 4.99 Å².